The molecule has 0 unspecified atom stereocenters. The number of H-pyrrole nitrogens is 2. The number of imidazole rings is 1. The van der Waals surface area contributed by atoms with Gasteiger partial charge in [0.15, 0.2) is 11.2 Å². The van der Waals surface area contributed by atoms with Crippen molar-refractivity contribution >= 4 is 17.1 Å². The molecule has 96 valence electrons. The summed E-state index contributed by atoms with van der Waals surface area (Å²) in [5, 5.41) is 9.69. The number of hydrogen-bond acceptors (Lipinski definition) is 5. The number of nitrogens with zero attached hydrogens (tertiary/aromatic N) is 2. The average molecular weight is 257 g/mol. The lowest BCUT2D eigenvalue weighted by atomic mass is 10.1. The zero-order chi connectivity index (χ0) is 13.6. The van der Waals surface area contributed by atoms with Gasteiger partial charge in [-0.25, -0.2) is 4.98 Å². The Morgan fingerprint density at radius 1 is 1.26 bits per heavy atom. The van der Waals surface area contributed by atoms with Gasteiger partial charge in [0.1, 0.15) is 11.6 Å². The van der Waals surface area contributed by atoms with E-state index in [1.807, 2.05) is 0 Å². The van der Waals surface area contributed by atoms with Crippen LogP contribution < -0.4 is 11.3 Å². The Bertz CT molecular complexity index is 834. The third-order valence-corrected chi connectivity index (χ3v) is 2.94. The van der Waals surface area contributed by atoms with Crippen molar-refractivity contribution in [1.29, 1.82) is 0 Å². The first-order valence-corrected chi connectivity index (χ1v) is 5.60. The number of anilines is 1. The van der Waals surface area contributed by atoms with Crippen LogP contribution in [0.1, 0.15) is 5.56 Å². The van der Waals surface area contributed by atoms with Crippen molar-refractivity contribution in [2.24, 2.45) is 0 Å². The minimum atomic E-state index is -0.376. The lowest BCUT2D eigenvalue weighted by Crippen LogP contribution is -2.10. The molecule has 0 aliphatic rings. The minimum absolute atomic E-state index is 0.0168. The highest BCUT2D eigenvalue weighted by atomic mass is 16.3. The van der Waals surface area contributed by atoms with Crippen LogP contribution in [0.15, 0.2) is 23.0 Å². The monoisotopic (exact) mass is 257 g/mol. The molecule has 3 rings (SSSR count). The van der Waals surface area contributed by atoms with Crippen molar-refractivity contribution in [2.45, 2.75) is 6.92 Å². The minimum Gasteiger partial charge on any atom is -0.508 e. The molecule has 3 aromatic rings. The van der Waals surface area contributed by atoms with Crippen molar-refractivity contribution in [3.8, 4) is 17.1 Å². The van der Waals surface area contributed by atoms with E-state index in [2.05, 4.69) is 19.9 Å². The lowest BCUT2D eigenvalue weighted by Gasteiger charge is -2.03. The molecule has 0 bridgehead atoms. The summed E-state index contributed by atoms with van der Waals surface area (Å²) < 4.78 is 0. The molecule has 7 nitrogen and oxygen atoms in total. The number of aromatic amines is 2. The van der Waals surface area contributed by atoms with Gasteiger partial charge in [-0.15, -0.1) is 0 Å². The van der Waals surface area contributed by atoms with Crippen molar-refractivity contribution in [3.05, 3.63) is 34.1 Å². The maximum atomic E-state index is 11.7. The summed E-state index contributed by atoms with van der Waals surface area (Å²) in [7, 11) is 0. The van der Waals surface area contributed by atoms with E-state index in [4.69, 9.17) is 5.73 Å². The Morgan fingerprint density at radius 3 is 2.84 bits per heavy atom. The van der Waals surface area contributed by atoms with Crippen molar-refractivity contribution < 1.29 is 5.11 Å². The number of aromatic hydroxyl groups is 1. The predicted octanol–water partition coefficient (Wildman–Crippen LogP) is 0.909. The third kappa shape index (κ3) is 1.71. The molecule has 0 aliphatic carbocycles. The number of nitrogen functional groups attached to an aromatic ring is 1. The molecule has 0 aliphatic heterocycles. The zero-order valence-corrected chi connectivity index (χ0v) is 10.1. The maximum absolute atomic E-state index is 11.7. The van der Waals surface area contributed by atoms with Crippen LogP contribution in [-0.4, -0.2) is 25.0 Å². The van der Waals surface area contributed by atoms with Crippen LogP contribution in [0.3, 0.4) is 0 Å². The van der Waals surface area contributed by atoms with E-state index < -0.39 is 0 Å². The molecule has 5 N–H and O–H groups in total. The maximum Gasteiger partial charge on any atom is 0.278 e. The van der Waals surface area contributed by atoms with Gasteiger partial charge in [-0.2, -0.15) is 4.98 Å². The summed E-state index contributed by atoms with van der Waals surface area (Å²) in [5.41, 5.74) is 6.97. The normalized spacial score (nSPS) is 11.0. The van der Waals surface area contributed by atoms with E-state index >= 15 is 0 Å². The van der Waals surface area contributed by atoms with E-state index in [1.54, 1.807) is 25.1 Å². The number of aromatic nitrogens is 4. The van der Waals surface area contributed by atoms with Crippen molar-refractivity contribution in [1.82, 2.24) is 19.9 Å². The van der Waals surface area contributed by atoms with Crippen LogP contribution in [0.2, 0.25) is 0 Å². The van der Waals surface area contributed by atoms with Gasteiger partial charge in [0.25, 0.3) is 5.56 Å². The molecule has 0 fully saturated rings. The number of hydrogen-bond donors (Lipinski definition) is 4. The van der Waals surface area contributed by atoms with Crippen LogP contribution in [0.25, 0.3) is 22.6 Å². The fourth-order valence-corrected chi connectivity index (χ4v) is 1.93. The van der Waals surface area contributed by atoms with Crippen LogP contribution >= 0.6 is 0 Å². The Kier molecular flexibility index (Phi) is 2.28. The summed E-state index contributed by atoms with van der Waals surface area (Å²) in [6.07, 6.45) is 0. The first kappa shape index (κ1) is 11.3. The molecule has 2 heterocycles. The Labute approximate surface area is 107 Å². The number of phenolic OH excluding ortho intramolecular Hbond substituents is 1. The highest BCUT2D eigenvalue weighted by Gasteiger charge is 2.13. The van der Waals surface area contributed by atoms with Gasteiger partial charge in [-0.1, -0.05) is 12.1 Å². The van der Waals surface area contributed by atoms with E-state index in [-0.39, 0.29) is 28.4 Å². The largest absolute Gasteiger partial charge is 0.508 e. The summed E-state index contributed by atoms with van der Waals surface area (Å²) in [5.74, 6) is 0.648. The zero-order valence-electron chi connectivity index (χ0n) is 10.1. The molecule has 0 radical (unpaired) electrons. The summed E-state index contributed by atoms with van der Waals surface area (Å²) in [4.78, 5) is 25.2. The SMILES string of the molecule is Cc1c(O)cccc1-c1nc2nc(N)[nH]c(=O)c2[nH]1. The molecular formula is C12H11N5O2. The number of benzene rings is 1. The number of nitrogens with one attached hydrogen (secondary N) is 2. The van der Waals surface area contributed by atoms with E-state index in [0.717, 1.165) is 0 Å². The summed E-state index contributed by atoms with van der Waals surface area (Å²) >= 11 is 0. The molecule has 0 saturated carbocycles. The second-order valence-electron chi connectivity index (χ2n) is 4.18. The van der Waals surface area contributed by atoms with Crippen molar-refractivity contribution in [2.75, 3.05) is 5.73 Å². The van der Waals surface area contributed by atoms with Gasteiger partial charge in [-0.3, -0.25) is 9.78 Å². The van der Waals surface area contributed by atoms with Crippen LogP contribution in [0.4, 0.5) is 5.95 Å². The summed E-state index contributed by atoms with van der Waals surface area (Å²) in [6, 6.07) is 5.09. The third-order valence-electron chi connectivity index (χ3n) is 2.94. The highest BCUT2D eigenvalue weighted by Crippen LogP contribution is 2.27. The van der Waals surface area contributed by atoms with Gasteiger partial charge < -0.3 is 15.8 Å². The molecule has 2 aromatic heterocycles. The Balaban J connectivity index is 2.30. The number of phenols is 1. The second-order valence-corrected chi connectivity index (χ2v) is 4.18. The average Bonchev–Trinajstić information content (AvgIpc) is 2.76. The number of nitrogens with two attached hydrogens (primary N) is 1. The molecule has 1 aromatic carbocycles. The summed E-state index contributed by atoms with van der Waals surface area (Å²) in [6.45, 7) is 1.77. The van der Waals surface area contributed by atoms with E-state index in [9.17, 15) is 9.90 Å². The molecule has 0 atom stereocenters. The van der Waals surface area contributed by atoms with Gasteiger partial charge in [0, 0.05) is 11.1 Å². The van der Waals surface area contributed by atoms with Crippen LogP contribution in [0, 0.1) is 6.92 Å². The first-order valence-electron chi connectivity index (χ1n) is 5.60. The predicted molar refractivity (Wildman–Crippen MR) is 70.8 cm³/mol. The molecule has 0 amide bonds. The van der Waals surface area contributed by atoms with Gasteiger partial charge in [0.2, 0.25) is 5.95 Å². The van der Waals surface area contributed by atoms with E-state index in [1.165, 1.54) is 0 Å². The molecule has 0 spiro atoms. The molecule has 7 heteroatoms. The van der Waals surface area contributed by atoms with Crippen LogP contribution in [0.5, 0.6) is 5.75 Å². The fourth-order valence-electron chi connectivity index (χ4n) is 1.93. The molecular weight excluding hydrogens is 246 g/mol. The highest BCUT2D eigenvalue weighted by molar-refractivity contribution is 5.77. The molecule has 0 saturated heterocycles. The second kappa shape index (κ2) is 3.84. The van der Waals surface area contributed by atoms with Gasteiger partial charge in [-0.05, 0) is 13.0 Å². The number of rotatable bonds is 1. The quantitative estimate of drug-likeness (QED) is 0.516. The standard InChI is InChI=1S/C12H11N5O2/c1-5-6(3-2-4-7(5)18)9-14-8-10(15-9)16-12(13)17-11(8)19/h2-4,18H,1H3,(H4,13,14,15,16,17,19). The van der Waals surface area contributed by atoms with E-state index in [0.29, 0.717) is 17.0 Å². The van der Waals surface area contributed by atoms with Crippen LogP contribution in [-0.2, 0) is 0 Å². The fraction of sp³-hybridized carbons (Fsp3) is 0.0833. The number of fused-ring (bicyclic) bond motifs is 1. The smallest absolute Gasteiger partial charge is 0.278 e. The Hall–Kier alpha value is -2.83. The van der Waals surface area contributed by atoms with Gasteiger partial charge >= 0.3 is 0 Å². The lowest BCUT2D eigenvalue weighted by molar-refractivity contribution is 0.471. The topological polar surface area (TPSA) is 121 Å². The van der Waals surface area contributed by atoms with Gasteiger partial charge in [0.05, 0.1) is 0 Å². The van der Waals surface area contributed by atoms with Crippen molar-refractivity contribution in [3.63, 3.8) is 0 Å². The first-order chi connectivity index (χ1) is 9.06. The Morgan fingerprint density at radius 2 is 2.05 bits per heavy atom. The molecule has 19 heavy (non-hydrogen) atoms.